The second kappa shape index (κ2) is 8.97. The Morgan fingerprint density at radius 1 is 1.08 bits per heavy atom. The molecule has 1 saturated heterocycles. The van der Waals surface area contributed by atoms with Crippen LogP contribution in [0.25, 0.3) is 0 Å². The molecule has 2 amide bonds. The van der Waals surface area contributed by atoms with Crippen molar-refractivity contribution in [1.82, 2.24) is 14.7 Å². The second-order valence-corrected chi connectivity index (χ2v) is 6.77. The summed E-state index contributed by atoms with van der Waals surface area (Å²) in [7, 11) is 5.37. The molecule has 1 aromatic rings. The van der Waals surface area contributed by atoms with Crippen molar-refractivity contribution in [3.05, 3.63) is 35.4 Å². The van der Waals surface area contributed by atoms with Crippen LogP contribution in [0, 0.1) is 6.92 Å². The molecule has 1 aromatic carbocycles. The van der Waals surface area contributed by atoms with E-state index in [-0.39, 0.29) is 24.5 Å². The van der Waals surface area contributed by atoms with Crippen molar-refractivity contribution in [1.29, 1.82) is 0 Å². The van der Waals surface area contributed by atoms with E-state index in [1.165, 1.54) is 12.7 Å². The fourth-order valence-corrected chi connectivity index (χ4v) is 3.19. The maximum atomic E-state index is 13.1. The first kappa shape index (κ1) is 19.4. The first-order chi connectivity index (χ1) is 11.9. The van der Waals surface area contributed by atoms with Crippen molar-refractivity contribution >= 4 is 11.8 Å². The number of benzene rings is 1. The molecule has 0 bridgehead atoms. The maximum absolute atomic E-state index is 13.1. The number of ether oxygens (including phenoxy) is 1. The third-order valence-corrected chi connectivity index (χ3v) is 4.57. The molecule has 0 aliphatic carbocycles. The van der Waals surface area contributed by atoms with Crippen molar-refractivity contribution in [2.45, 2.75) is 19.4 Å². The molecule has 138 valence electrons. The van der Waals surface area contributed by atoms with E-state index in [4.69, 9.17) is 4.74 Å². The minimum atomic E-state index is -0.304. The Labute approximate surface area is 150 Å². The van der Waals surface area contributed by atoms with Crippen molar-refractivity contribution in [2.75, 3.05) is 54.0 Å². The number of methoxy groups -OCH3 is 1. The van der Waals surface area contributed by atoms with Gasteiger partial charge < -0.3 is 14.5 Å². The molecule has 1 heterocycles. The summed E-state index contributed by atoms with van der Waals surface area (Å²) < 4.78 is 4.93. The number of amides is 2. The number of nitrogens with zero attached hydrogens (tertiary/aromatic N) is 3. The first-order valence-electron chi connectivity index (χ1n) is 8.72. The third-order valence-electron chi connectivity index (χ3n) is 4.57. The predicted octanol–water partition coefficient (Wildman–Crippen LogP) is 1.31. The molecule has 1 aliphatic rings. The molecular formula is C19H29N3O3. The minimum absolute atomic E-state index is 0.0144. The highest BCUT2D eigenvalue weighted by atomic mass is 16.5. The lowest BCUT2D eigenvalue weighted by molar-refractivity contribution is -0.138. The van der Waals surface area contributed by atoms with E-state index in [0.29, 0.717) is 26.2 Å². The molecule has 0 N–H and O–H groups in total. The van der Waals surface area contributed by atoms with Crippen molar-refractivity contribution in [3.63, 3.8) is 0 Å². The van der Waals surface area contributed by atoms with Crippen molar-refractivity contribution in [2.24, 2.45) is 0 Å². The molecule has 2 rings (SSSR count). The number of likely N-dealkylation sites (N-methyl/N-ethyl adjacent to an activating group) is 1. The Hall–Kier alpha value is -1.92. The van der Waals surface area contributed by atoms with Crippen molar-refractivity contribution in [3.8, 4) is 0 Å². The average molecular weight is 347 g/mol. The van der Waals surface area contributed by atoms with Crippen molar-refractivity contribution < 1.29 is 14.3 Å². The standard InChI is InChI=1S/C19H29N3O3/c1-15-6-8-16(9-7-15)18(20(2)3)19(24)22-11-5-10-21(12-13-22)17(23)14-25-4/h6-9,18H,5,10-14H2,1-4H3/t18-/m0/s1. The van der Waals surface area contributed by atoms with Gasteiger partial charge in [-0.1, -0.05) is 29.8 Å². The molecule has 0 aromatic heterocycles. The number of rotatable bonds is 5. The Morgan fingerprint density at radius 3 is 2.28 bits per heavy atom. The fourth-order valence-electron chi connectivity index (χ4n) is 3.19. The molecule has 1 fully saturated rings. The lowest BCUT2D eigenvalue weighted by atomic mass is 10.0. The van der Waals surface area contributed by atoms with Gasteiger partial charge in [-0.25, -0.2) is 0 Å². The molecule has 6 heteroatoms. The van der Waals surface area contributed by atoms with Gasteiger partial charge in [0.05, 0.1) is 0 Å². The van der Waals surface area contributed by atoms with Crippen LogP contribution in [-0.4, -0.2) is 80.5 Å². The smallest absolute Gasteiger partial charge is 0.248 e. The zero-order valence-electron chi connectivity index (χ0n) is 15.7. The molecule has 0 radical (unpaired) electrons. The molecule has 1 atom stereocenters. The van der Waals surface area contributed by atoms with E-state index in [0.717, 1.165) is 12.0 Å². The Morgan fingerprint density at radius 2 is 1.68 bits per heavy atom. The van der Waals surface area contributed by atoms with Crippen LogP contribution in [0.2, 0.25) is 0 Å². The Kier molecular flexibility index (Phi) is 6.96. The van der Waals surface area contributed by atoms with Gasteiger partial charge in [-0.3, -0.25) is 14.5 Å². The summed E-state index contributed by atoms with van der Waals surface area (Å²) in [6.07, 6.45) is 0.787. The van der Waals surface area contributed by atoms with Crippen LogP contribution in [0.1, 0.15) is 23.6 Å². The monoisotopic (exact) mass is 347 g/mol. The zero-order valence-corrected chi connectivity index (χ0v) is 15.7. The number of aryl methyl sites for hydroxylation is 1. The van der Waals surface area contributed by atoms with Crippen LogP contribution in [0.5, 0.6) is 0 Å². The predicted molar refractivity (Wildman–Crippen MR) is 97.3 cm³/mol. The summed E-state index contributed by atoms with van der Waals surface area (Å²) in [6.45, 7) is 4.59. The number of carbonyl (C=O) groups excluding carboxylic acids is 2. The number of carbonyl (C=O) groups is 2. The van der Waals surface area contributed by atoms with Crippen LogP contribution in [-0.2, 0) is 14.3 Å². The van der Waals surface area contributed by atoms with Gasteiger partial charge in [0.1, 0.15) is 12.6 Å². The topological polar surface area (TPSA) is 53.1 Å². The van der Waals surface area contributed by atoms with E-state index in [1.54, 1.807) is 4.90 Å². The van der Waals surface area contributed by atoms with Crippen LogP contribution in [0.4, 0.5) is 0 Å². The second-order valence-electron chi connectivity index (χ2n) is 6.77. The van der Waals surface area contributed by atoms with E-state index in [1.807, 2.05) is 55.1 Å². The highest BCUT2D eigenvalue weighted by Gasteiger charge is 2.29. The van der Waals surface area contributed by atoms with Gasteiger partial charge in [0.25, 0.3) is 0 Å². The lowest BCUT2D eigenvalue weighted by Crippen LogP contribution is -2.43. The van der Waals surface area contributed by atoms with E-state index >= 15 is 0 Å². The minimum Gasteiger partial charge on any atom is -0.375 e. The third kappa shape index (κ3) is 5.03. The van der Waals surface area contributed by atoms with Gasteiger partial charge >= 0.3 is 0 Å². The summed E-state index contributed by atoms with van der Waals surface area (Å²) in [5.41, 5.74) is 2.17. The van der Waals surface area contributed by atoms with E-state index in [9.17, 15) is 9.59 Å². The summed E-state index contributed by atoms with van der Waals surface area (Å²) in [6, 6.07) is 7.80. The molecular weight excluding hydrogens is 318 g/mol. The fraction of sp³-hybridized carbons (Fsp3) is 0.579. The Balaban J connectivity index is 2.09. The molecule has 0 saturated carbocycles. The highest BCUT2D eigenvalue weighted by molar-refractivity contribution is 5.83. The number of hydrogen-bond acceptors (Lipinski definition) is 4. The lowest BCUT2D eigenvalue weighted by Gasteiger charge is -2.30. The highest BCUT2D eigenvalue weighted by Crippen LogP contribution is 2.22. The summed E-state index contributed by atoms with van der Waals surface area (Å²) in [4.78, 5) is 30.8. The van der Waals surface area contributed by atoms with Gasteiger partial charge in [-0.2, -0.15) is 0 Å². The molecule has 1 aliphatic heterocycles. The SMILES string of the molecule is COCC(=O)N1CCCN(C(=O)[C@H](c2ccc(C)cc2)N(C)C)CC1. The molecule has 25 heavy (non-hydrogen) atoms. The maximum Gasteiger partial charge on any atom is 0.248 e. The van der Waals surface area contributed by atoms with Gasteiger partial charge in [0, 0.05) is 33.3 Å². The summed E-state index contributed by atoms with van der Waals surface area (Å²) in [5.74, 6) is 0.0781. The number of hydrogen-bond donors (Lipinski definition) is 0. The summed E-state index contributed by atoms with van der Waals surface area (Å²) >= 11 is 0. The van der Waals surface area contributed by atoms with Crippen LogP contribution < -0.4 is 0 Å². The van der Waals surface area contributed by atoms with Gasteiger partial charge in [0.15, 0.2) is 0 Å². The molecule has 6 nitrogen and oxygen atoms in total. The Bertz CT molecular complexity index is 586. The van der Waals surface area contributed by atoms with Gasteiger partial charge in [0.2, 0.25) is 11.8 Å². The average Bonchev–Trinajstić information content (AvgIpc) is 2.83. The van der Waals surface area contributed by atoms with Gasteiger partial charge in [-0.15, -0.1) is 0 Å². The zero-order chi connectivity index (χ0) is 18.4. The van der Waals surface area contributed by atoms with Crippen LogP contribution >= 0.6 is 0 Å². The normalized spacial score (nSPS) is 16.7. The molecule has 0 spiro atoms. The molecule has 0 unspecified atom stereocenters. The van der Waals surface area contributed by atoms with Gasteiger partial charge in [-0.05, 0) is 33.0 Å². The quantitative estimate of drug-likeness (QED) is 0.806. The largest absolute Gasteiger partial charge is 0.375 e. The first-order valence-corrected chi connectivity index (χ1v) is 8.72. The summed E-state index contributed by atoms with van der Waals surface area (Å²) in [5, 5.41) is 0. The van der Waals surface area contributed by atoms with Crippen LogP contribution in [0.15, 0.2) is 24.3 Å². The van der Waals surface area contributed by atoms with E-state index in [2.05, 4.69) is 0 Å². The van der Waals surface area contributed by atoms with E-state index < -0.39 is 0 Å². The van der Waals surface area contributed by atoms with Crippen LogP contribution in [0.3, 0.4) is 0 Å².